The minimum atomic E-state index is 0.150. The van der Waals surface area contributed by atoms with Gasteiger partial charge in [-0.2, -0.15) is 0 Å². The van der Waals surface area contributed by atoms with Gasteiger partial charge >= 0.3 is 0 Å². The largest absolute Gasteiger partial charge is 0.395 e. The summed E-state index contributed by atoms with van der Waals surface area (Å²) in [4.78, 5) is 0. The summed E-state index contributed by atoms with van der Waals surface area (Å²) < 4.78 is 2.00. The standard InChI is InChI=1S/C7H17NO2S/c1-3-7(6-10)8(11-2)4-5-9/h7,9-10H,3-6H2,1-2H3. The van der Waals surface area contributed by atoms with Crippen molar-refractivity contribution in [2.24, 2.45) is 0 Å². The molecular weight excluding hydrogens is 162 g/mol. The van der Waals surface area contributed by atoms with Crippen LogP contribution in [0.25, 0.3) is 0 Å². The quantitative estimate of drug-likeness (QED) is 0.577. The molecule has 11 heavy (non-hydrogen) atoms. The van der Waals surface area contributed by atoms with Gasteiger partial charge in [-0.3, -0.25) is 0 Å². The highest BCUT2D eigenvalue weighted by atomic mass is 32.2. The zero-order valence-electron chi connectivity index (χ0n) is 7.16. The van der Waals surface area contributed by atoms with Crippen molar-refractivity contribution in [3.8, 4) is 0 Å². The van der Waals surface area contributed by atoms with Crippen LogP contribution in [-0.2, 0) is 0 Å². The normalized spacial score (nSPS) is 13.9. The van der Waals surface area contributed by atoms with Gasteiger partial charge in [-0.15, -0.1) is 0 Å². The molecule has 0 heterocycles. The first-order valence-electron chi connectivity index (χ1n) is 3.82. The van der Waals surface area contributed by atoms with E-state index in [4.69, 9.17) is 10.2 Å². The van der Waals surface area contributed by atoms with E-state index in [1.807, 2.05) is 17.5 Å². The first-order chi connectivity index (χ1) is 5.29. The molecule has 1 atom stereocenters. The lowest BCUT2D eigenvalue weighted by molar-refractivity contribution is 0.170. The molecule has 4 heteroatoms. The van der Waals surface area contributed by atoms with E-state index in [1.54, 1.807) is 11.9 Å². The first-order valence-corrected chi connectivity index (χ1v) is 5.00. The maximum absolute atomic E-state index is 8.92. The molecule has 0 aromatic rings. The molecule has 3 nitrogen and oxygen atoms in total. The molecule has 0 radical (unpaired) electrons. The SMILES string of the molecule is CCC(CO)N(CCO)SC. The molecule has 68 valence electrons. The van der Waals surface area contributed by atoms with Gasteiger partial charge in [0.2, 0.25) is 0 Å². The van der Waals surface area contributed by atoms with Gasteiger partial charge in [0.05, 0.1) is 13.2 Å². The third kappa shape index (κ3) is 3.96. The summed E-state index contributed by atoms with van der Waals surface area (Å²) in [6.45, 7) is 2.97. The van der Waals surface area contributed by atoms with E-state index < -0.39 is 0 Å². The molecule has 1 unspecified atom stereocenters. The minimum Gasteiger partial charge on any atom is -0.395 e. The Balaban J connectivity index is 3.76. The number of hydrogen-bond acceptors (Lipinski definition) is 4. The predicted molar refractivity (Wildman–Crippen MR) is 48.5 cm³/mol. The van der Waals surface area contributed by atoms with Crippen molar-refractivity contribution < 1.29 is 10.2 Å². The number of hydrogen-bond donors (Lipinski definition) is 2. The Kier molecular flexibility index (Phi) is 7.06. The molecule has 0 aromatic heterocycles. The summed E-state index contributed by atoms with van der Waals surface area (Å²) >= 11 is 1.57. The third-order valence-corrected chi connectivity index (χ3v) is 2.59. The Morgan fingerprint density at radius 1 is 1.45 bits per heavy atom. The van der Waals surface area contributed by atoms with Gasteiger partial charge in [0.25, 0.3) is 0 Å². The topological polar surface area (TPSA) is 43.7 Å². The van der Waals surface area contributed by atoms with Crippen molar-refractivity contribution in [3.05, 3.63) is 0 Å². The molecule has 0 bridgehead atoms. The van der Waals surface area contributed by atoms with E-state index >= 15 is 0 Å². The number of aliphatic hydroxyl groups is 2. The highest BCUT2D eigenvalue weighted by Gasteiger charge is 2.13. The second-order valence-corrected chi connectivity index (χ2v) is 3.13. The first kappa shape index (κ1) is 11.2. The van der Waals surface area contributed by atoms with Crippen molar-refractivity contribution >= 4 is 11.9 Å². The van der Waals surface area contributed by atoms with E-state index in [1.165, 1.54) is 0 Å². The monoisotopic (exact) mass is 179 g/mol. The molecule has 0 fully saturated rings. The fourth-order valence-corrected chi connectivity index (χ4v) is 1.72. The van der Waals surface area contributed by atoms with Crippen LogP contribution in [0.5, 0.6) is 0 Å². The van der Waals surface area contributed by atoms with Gasteiger partial charge in [0, 0.05) is 12.6 Å². The van der Waals surface area contributed by atoms with Gasteiger partial charge in [-0.1, -0.05) is 18.9 Å². The van der Waals surface area contributed by atoms with Gasteiger partial charge in [0.15, 0.2) is 0 Å². The molecule has 0 spiro atoms. The molecule has 0 saturated carbocycles. The van der Waals surface area contributed by atoms with Gasteiger partial charge in [-0.05, 0) is 12.7 Å². The molecule has 2 N–H and O–H groups in total. The molecule has 0 aromatic carbocycles. The van der Waals surface area contributed by atoms with Crippen LogP contribution in [0.1, 0.15) is 13.3 Å². The van der Waals surface area contributed by atoms with E-state index in [9.17, 15) is 0 Å². The maximum Gasteiger partial charge on any atom is 0.0596 e. The van der Waals surface area contributed by atoms with Gasteiger partial charge in [-0.25, -0.2) is 4.31 Å². The van der Waals surface area contributed by atoms with Crippen LogP contribution in [-0.4, -0.2) is 46.6 Å². The van der Waals surface area contributed by atoms with Crippen LogP contribution < -0.4 is 0 Å². The van der Waals surface area contributed by atoms with Crippen molar-refractivity contribution in [3.63, 3.8) is 0 Å². The molecule has 0 saturated heterocycles. The fraction of sp³-hybridized carbons (Fsp3) is 1.00. The zero-order valence-corrected chi connectivity index (χ0v) is 7.97. The maximum atomic E-state index is 8.92. The van der Waals surface area contributed by atoms with Gasteiger partial charge in [0.1, 0.15) is 0 Å². The lowest BCUT2D eigenvalue weighted by Gasteiger charge is -2.25. The number of nitrogens with zero attached hydrogens (tertiary/aromatic N) is 1. The predicted octanol–water partition coefficient (Wildman–Crippen LogP) is 0.330. The summed E-state index contributed by atoms with van der Waals surface area (Å²) in [7, 11) is 0. The van der Waals surface area contributed by atoms with E-state index in [0.717, 1.165) is 6.42 Å². The van der Waals surface area contributed by atoms with Crippen molar-refractivity contribution in [2.75, 3.05) is 26.0 Å². The smallest absolute Gasteiger partial charge is 0.0596 e. The Morgan fingerprint density at radius 2 is 2.09 bits per heavy atom. The molecular formula is C7H17NO2S. The van der Waals surface area contributed by atoms with Crippen molar-refractivity contribution in [2.45, 2.75) is 19.4 Å². The lowest BCUT2D eigenvalue weighted by Crippen LogP contribution is -2.33. The van der Waals surface area contributed by atoms with Crippen LogP contribution in [0.2, 0.25) is 0 Å². The molecule has 0 rings (SSSR count). The molecule has 0 aliphatic carbocycles. The van der Waals surface area contributed by atoms with Crippen LogP contribution in [0.15, 0.2) is 0 Å². The van der Waals surface area contributed by atoms with Crippen molar-refractivity contribution in [1.82, 2.24) is 4.31 Å². The summed E-state index contributed by atoms with van der Waals surface area (Å²) in [6, 6.07) is 0.178. The van der Waals surface area contributed by atoms with Crippen LogP contribution >= 0.6 is 11.9 Å². The van der Waals surface area contributed by atoms with Crippen LogP contribution in [0.3, 0.4) is 0 Å². The average molecular weight is 179 g/mol. The second kappa shape index (κ2) is 6.91. The van der Waals surface area contributed by atoms with Crippen LogP contribution in [0, 0.1) is 0 Å². The van der Waals surface area contributed by atoms with E-state index in [0.29, 0.717) is 6.54 Å². The highest BCUT2D eigenvalue weighted by Crippen LogP contribution is 2.12. The molecule has 0 aliphatic heterocycles. The summed E-state index contributed by atoms with van der Waals surface area (Å²) in [6.07, 6.45) is 2.87. The summed E-state index contributed by atoms with van der Waals surface area (Å²) in [5.41, 5.74) is 0. The summed E-state index contributed by atoms with van der Waals surface area (Å²) in [5, 5.41) is 17.6. The van der Waals surface area contributed by atoms with Crippen molar-refractivity contribution in [1.29, 1.82) is 0 Å². The second-order valence-electron chi connectivity index (χ2n) is 2.29. The Bertz CT molecular complexity index is 88.5. The van der Waals surface area contributed by atoms with E-state index in [-0.39, 0.29) is 19.3 Å². The highest BCUT2D eigenvalue weighted by molar-refractivity contribution is 7.96. The lowest BCUT2D eigenvalue weighted by atomic mass is 10.2. The Labute approximate surface area is 72.5 Å². The van der Waals surface area contributed by atoms with E-state index in [2.05, 4.69) is 0 Å². The Morgan fingerprint density at radius 3 is 2.36 bits per heavy atom. The Hall–Kier alpha value is 0.230. The molecule has 0 amide bonds. The fourth-order valence-electron chi connectivity index (χ4n) is 0.945. The average Bonchev–Trinajstić information content (AvgIpc) is 2.05. The van der Waals surface area contributed by atoms with Crippen LogP contribution in [0.4, 0.5) is 0 Å². The third-order valence-electron chi connectivity index (χ3n) is 1.64. The molecule has 0 aliphatic rings. The van der Waals surface area contributed by atoms with Gasteiger partial charge < -0.3 is 10.2 Å². The zero-order chi connectivity index (χ0) is 8.69. The minimum absolute atomic E-state index is 0.150. The summed E-state index contributed by atoms with van der Waals surface area (Å²) in [5.74, 6) is 0. The number of aliphatic hydroxyl groups excluding tert-OH is 2. The number of rotatable bonds is 6.